The second-order valence-corrected chi connectivity index (χ2v) is 5.70. The number of aromatic nitrogens is 1. The lowest BCUT2D eigenvalue weighted by Crippen LogP contribution is -2.00. The molecule has 4 heteroatoms. The summed E-state index contributed by atoms with van der Waals surface area (Å²) in [6.07, 6.45) is 8.59. The summed E-state index contributed by atoms with van der Waals surface area (Å²) < 4.78 is 11.0. The van der Waals surface area contributed by atoms with Gasteiger partial charge in [-0.05, 0) is 12.5 Å². The molecule has 0 fully saturated rings. The maximum absolute atomic E-state index is 5.89. The van der Waals surface area contributed by atoms with Crippen LogP contribution in [-0.4, -0.2) is 12.1 Å². The van der Waals surface area contributed by atoms with E-state index in [0.717, 1.165) is 34.0 Å². The van der Waals surface area contributed by atoms with E-state index in [1.807, 2.05) is 35.7 Å². The highest BCUT2D eigenvalue weighted by Crippen LogP contribution is 2.25. The summed E-state index contributed by atoms with van der Waals surface area (Å²) in [7, 11) is 1.65. The van der Waals surface area contributed by atoms with Gasteiger partial charge in [0.2, 0.25) is 0 Å². The molecule has 3 nitrogen and oxygen atoms in total. The van der Waals surface area contributed by atoms with Gasteiger partial charge in [0.05, 0.1) is 19.1 Å². The van der Waals surface area contributed by atoms with Crippen LogP contribution in [0.15, 0.2) is 71.5 Å². The number of allylic oxidation sites excluding steroid dienone is 4. The molecule has 3 rings (SSSR count). The van der Waals surface area contributed by atoms with Crippen LogP contribution in [0.5, 0.6) is 0 Å². The van der Waals surface area contributed by atoms with Crippen molar-refractivity contribution in [3.63, 3.8) is 0 Å². The maximum atomic E-state index is 5.89. The molecule has 0 atom stereocenters. The van der Waals surface area contributed by atoms with Crippen molar-refractivity contribution in [2.45, 2.75) is 13.0 Å². The number of ether oxygens (including phenoxy) is 2. The van der Waals surface area contributed by atoms with E-state index in [4.69, 9.17) is 9.47 Å². The van der Waals surface area contributed by atoms with E-state index in [9.17, 15) is 0 Å². The number of rotatable bonds is 5. The average Bonchev–Trinajstić information content (AvgIpc) is 3.04. The van der Waals surface area contributed by atoms with Crippen molar-refractivity contribution in [2.24, 2.45) is 0 Å². The first kappa shape index (κ1) is 14.6. The number of hydrogen-bond acceptors (Lipinski definition) is 4. The van der Waals surface area contributed by atoms with Crippen LogP contribution in [0.1, 0.15) is 12.1 Å². The van der Waals surface area contributed by atoms with Crippen molar-refractivity contribution in [2.75, 3.05) is 7.11 Å². The van der Waals surface area contributed by atoms with E-state index in [2.05, 4.69) is 23.2 Å². The van der Waals surface area contributed by atoms with E-state index in [-0.39, 0.29) is 0 Å². The minimum absolute atomic E-state index is 0.462. The second-order valence-electron chi connectivity index (χ2n) is 4.84. The molecule has 0 amide bonds. The summed E-state index contributed by atoms with van der Waals surface area (Å²) in [6, 6.07) is 10.2. The Morgan fingerprint density at radius 3 is 2.95 bits per heavy atom. The van der Waals surface area contributed by atoms with E-state index >= 15 is 0 Å². The van der Waals surface area contributed by atoms with Gasteiger partial charge in [0, 0.05) is 16.5 Å². The Labute approximate surface area is 134 Å². The molecule has 1 aromatic carbocycles. The Morgan fingerprint density at radius 1 is 1.27 bits per heavy atom. The van der Waals surface area contributed by atoms with Gasteiger partial charge in [0.1, 0.15) is 17.4 Å². The summed E-state index contributed by atoms with van der Waals surface area (Å²) in [4.78, 5) is 4.63. The molecular formula is C18H17NO2S. The van der Waals surface area contributed by atoms with Gasteiger partial charge in [0.15, 0.2) is 0 Å². The Hall–Kier alpha value is -2.33. The predicted molar refractivity (Wildman–Crippen MR) is 89.3 cm³/mol. The number of hydrogen-bond donors (Lipinski definition) is 0. The topological polar surface area (TPSA) is 31.4 Å². The standard InChI is InChI=1S/C18H17NO2S/c1-20-11-15-9-5-6-10-17(15)21-12-16-13-22-18(19-16)14-7-3-2-4-8-14/h2-8,10-11,13H,9,12H2,1H3. The number of nitrogens with zero attached hydrogens (tertiary/aromatic N) is 1. The highest BCUT2D eigenvalue weighted by atomic mass is 32.1. The molecule has 112 valence electrons. The molecule has 2 aromatic rings. The summed E-state index contributed by atoms with van der Waals surface area (Å²) >= 11 is 1.64. The number of thiazole rings is 1. The second kappa shape index (κ2) is 7.09. The SMILES string of the molecule is COC=C1CC=CC=C1OCc1csc(-c2ccccc2)n1. The van der Waals surface area contributed by atoms with Crippen LogP contribution in [0, 0.1) is 0 Å². The normalized spacial score (nSPS) is 15.7. The fourth-order valence-electron chi connectivity index (χ4n) is 2.19. The van der Waals surface area contributed by atoms with Crippen molar-refractivity contribution < 1.29 is 9.47 Å². The largest absolute Gasteiger partial charge is 0.504 e. The van der Waals surface area contributed by atoms with Crippen LogP contribution in [0.4, 0.5) is 0 Å². The first-order chi connectivity index (χ1) is 10.9. The van der Waals surface area contributed by atoms with E-state index < -0.39 is 0 Å². The van der Waals surface area contributed by atoms with Crippen LogP contribution >= 0.6 is 11.3 Å². The highest BCUT2D eigenvalue weighted by molar-refractivity contribution is 7.13. The van der Waals surface area contributed by atoms with E-state index in [1.54, 1.807) is 24.7 Å². The smallest absolute Gasteiger partial charge is 0.131 e. The first-order valence-electron chi connectivity index (χ1n) is 7.08. The molecule has 0 radical (unpaired) electrons. The van der Waals surface area contributed by atoms with Gasteiger partial charge in [-0.25, -0.2) is 4.98 Å². The van der Waals surface area contributed by atoms with Gasteiger partial charge in [-0.3, -0.25) is 0 Å². The van der Waals surface area contributed by atoms with E-state index in [0.29, 0.717) is 6.61 Å². The highest BCUT2D eigenvalue weighted by Gasteiger charge is 2.10. The minimum Gasteiger partial charge on any atom is -0.504 e. The zero-order valence-electron chi connectivity index (χ0n) is 12.4. The lowest BCUT2D eigenvalue weighted by molar-refractivity contribution is 0.199. The van der Waals surface area contributed by atoms with Crippen molar-refractivity contribution in [1.29, 1.82) is 0 Å². The molecule has 0 saturated heterocycles. The maximum Gasteiger partial charge on any atom is 0.131 e. The van der Waals surface area contributed by atoms with Gasteiger partial charge < -0.3 is 9.47 Å². The van der Waals surface area contributed by atoms with Crippen LogP contribution in [0.2, 0.25) is 0 Å². The van der Waals surface area contributed by atoms with Gasteiger partial charge in [-0.2, -0.15) is 0 Å². The van der Waals surface area contributed by atoms with Crippen LogP contribution in [-0.2, 0) is 16.1 Å². The lowest BCUT2D eigenvalue weighted by atomic mass is 10.1. The predicted octanol–water partition coefficient (Wildman–Crippen LogP) is 4.70. The molecule has 0 bridgehead atoms. The summed E-state index contributed by atoms with van der Waals surface area (Å²) in [6.45, 7) is 0.462. The van der Waals surface area contributed by atoms with Crippen LogP contribution in [0.25, 0.3) is 10.6 Å². The molecule has 22 heavy (non-hydrogen) atoms. The van der Waals surface area contributed by atoms with Crippen LogP contribution < -0.4 is 0 Å². The molecule has 1 aromatic heterocycles. The molecule has 0 N–H and O–H groups in total. The average molecular weight is 311 g/mol. The van der Waals surface area contributed by atoms with Crippen molar-refractivity contribution in [3.8, 4) is 10.6 Å². The fraction of sp³-hybridized carbons (Fsp3) is 0.167. The quantitative estimate of drug-likeness (QED) is 0.750. The third-order valence-electron chi connectivity index (χ3n) is 3.25. The number of benzene rings is 1. The first-order valence-corrected chi connectivity index (χ1v) is 7.96. The van der Waals surface area contributed by atoms with Gasteiger partial charge in [0.25, 0.3) is 0 Å². The summed E-state index contributed by atoms with van der Waals surface area (Å²) in [5.74, 6) is 0.846. The van der Waals surface area contributed by atoms with Gasteiger partial charge >= 0.3 is 0 Å². The zero-order valence-corrected chi connectivity index (χ0v) is 13.2. The Morgan fingerprint density at radius 2 is 2.14 bits per heavy atom. The molecule has 0 aliphatic heterocycles. The van der Waals surface area contributed by atoms with Gasteiger partial charge in [-0.1, -0.05) is 42.5 Å². The molecule has 0 saturated carbocycles. The monoisotopic (exact) mass is 311 g/mol. The van der Waals surface area contributed by atoms with Crippen molar-refractivity contribution in [3.05, 3.63) is 77.2 Å². The Balaban J connectivity index is 1.67. The molecular weight excluding hydrogens is 294 g/mol. The molecule has 1 heterocycles. The minimum atomic E-state index is 0.462. The zero-order chi connectivity index (χ0) is 15.2. The van der Waals surface area contributed by atoms with Crippen LogP contribution in [0.3, 0.4) is 0 Å². The molecule has 0 spiro atoms. The third kappa shape index (κ3) is 3.46. The molecule has 1 aliphatic carbocycles. The molecule has 0 unspecified atom stereocenters. The lowest BCUT2D eigenvalue weighted by Gasteiger charge is -2.13. The van der Waals surface area contributed by atoms with Gasteiger partial charge in [-0.15, -0.1) is 11.3 Å². The Bertz CT molecular complexity index is 714. The number of methoxy groups -OCH3 is 1. The van der Waals surface area contributed by atoms with Crippen molar-refractivity contribution >= 4 is 11.3 Å². The molecule has 1 aliphatic rings. The summed E-state index contributed by atoms with van der Waals surface area (Å²) in [5.41, 5.74) is 3.12. The Kier molecular flexibility index (Phi) is 4.71. The van der Waals surface area contributed by atoms with Crippen molar-refractivity contribution in [1.82, 2.24) is 4.98 Å². The van der Waals surface area contributed by atoms with E-state index in [1.165, 1.54) is 0 Å². The third-order valence-corrected chi connectivity index (χ3v) is 4.19. The fourth-order valence-corrected chi connectivity index (χ4v) is 3.00. The summed E-state index contributed by atoms with van der Waals surface area (Å²) in [5, 5.41) is 3.06.